The number of methoxy groups -OCH3 is 1. The Hall–Kier alpha value is -1.55. The molecule has 1 aromatic carbocycles. The van der Waals surface area contributed by atoms with E-state index in [2.05, 4.69) is 24.0 Å². The summed E-state index contributed by atoms with van der Waals surface area (Å²) in [5.41, 5.74) is 2.49. The number of hydrogen-bond acceptors (Lipinski definition) is 3. The molecule has 0 unspecified atom stereocenters. The minimum atomic E-state index is -0.679. The van der Waals surface area contributed by atoms with Gasteiger partial charge in [-0.2, -0.15) is 0 Å². The van der Waals surface area contributed by atoms with Gasteiger partial charge in [0.2, 0.25) is 0 Å². The summed E-state index contributed by atoms with van der Waals surface area (Å²) in [6, 6.07) is 6.29. The molecule has 0 atom stereocenters. The second kappa shape index (κ2) is 7.46. The molecular formula is C17H25NO3. The van der Waals surface area contributed by atoms with Crippen molar-refractivity contribution in [2.45, 2.75) is 39.2 Å². The fraction of sp³-hybridized carbons (Fsp3) is 0.588. The minimum Gasteiger partial charge on any atom is -0.496 e. The predicted octanol–water partition coefficient (Wildman–Crippen LogP) is 3.08. The van der Waals surface area contributed by atoms with Gasteiger partial charge < -0.3 is 9.84 Å². The van der Waals surface area contributed by atoms with Gasteiger partial charge in [-0.3, -0.25) is 9.69 Å². The maximum atomic E-state index is 10.6. The van der Waals surface area contributed by atoms with Crippen molar-refractivity contribution in [1.29, 1.82) is 0 Å². The van der Waals surface area contributed by atoms with E-state index in [4.69, 9.17) is 9.84 Å². The average molecular weight is 291 g/mol. The van der Waals surface area contributed by atoms with Crippen molar-refractivity contribution in [3.05, 3.63) is 29.3 Å². The molecule has 1 aliphatic heterocycles. The van der Waals surface area contributed by atoms with Crippen LogP contribution in [-0.4, -0.2) is 36.2 Å². The Bertz CT molecular complexity index is 479. The molecule has 21 heavy (non-hydrogen) atoms. The molecule has 0 aliphatic carbocycles. The van der Waals surface area contributed by atoms with Crippen LogP contribution in [0.15, 0.2) is 18.2 Å². The Morgan fingerprint density at radius 1 is 1.38 bits per heavy atom. The minimum absolute atomic E-state index is 0.302. The molecule has 0 saturated carbocycles. The maximum Gasteiger partial charge on any atom is 0.303 e. The Morgan fingerprint density at radius 3 is 2.71 bits per heavy atom. The summed E-state index contributed by atoms with van der Waals surface area (Å²) >= 11 is 0. The third kappa shape index (κ3) is 4.74. The van der Waals surface area contributed by atoms with Crippen LogP contribution < -0.4 is 4.74 Å². The highest BCUT2D eigenvalue weighted by atomic mass is 16.5. The number of carboxylic acid groups (broad SMARTS) is 1. The van der Waals surface area contributed by atoms with Gasteiger partial charge in [-0.1, -0.05) is 17.7 Å². The lowest BCUT2D eigenvalue weighted by Gasteiger charge is -2.32. The molecule has 2 rings (SSSR count). The second-order valence-corrected chi connectivity index (χ2v) is 5.97. The fourth-order valence-corrected chi connectivity index (χ4v) is 3.03. The first-order chi connectivity index (χ1) is 10.1. The van der Waals surface area contributed by atoms with E-state index in [0.717, 1.165) is 44.6 Å². The van der Waals surface area contributed by atoms with E-state index in [0.29, 0.717) is 12.3 Å². The van der Waals surface area contributed by atoms with E-state index in [-0.39, 0.29) is 0 Å². The number of rotatable bonds is 6. The molecule has 1 aliphatic rings. The first kappa shape index (κ1) is 15.8. The summed E-state index contributed by atoms with van der Waals surface area (Å²) in [6.07, 6.45) is 3.32. The molecule has 0 bridgehead atoms. The highest BCUT2D eigenvalue weighted by Crippen LogP contribution is 2.26. The normalized spacial score (nSPS) is 16.9. The molecule has 0 amide bonds. The third-order valence-electron chi connectivity index (χ3n) is 4.30. The molecule has 116 valence electrons. The number of ether oxygens (including phenoxy) is 1. The number of benzene rings is 1. The fourth-order valence-electron chi connectivity index (χ4n) is 3.03. The molecule has 0 spiro atoms. The number of piperidine rings is 1. The summed E-state index contributed by atoms with van der Waals surface area (Å²) < 4.78 is 5.44. The molecule has 0 aromatic heterocycles. The number of carboxylic acids is 1. The van der Waals surface area contributed by atoms with Crippen LogP contribution in [0.4, 0.5) is 0 Å². The highest BCUT2D eigenvalue weighted by molar-refractivity contribution is 5.66. The van der Waals surface area contributed by atoms with Gasteiger partial charge >= 0.3 is 5.97 Å². The highest BCUT2D eigenvalue weighted by Gasteiger charge is 2.20. The van der Waals surface area contributed by atoms with Crippen molar-refractivity contribution >= 4 is 5.97 Å². The summed E-state index contributed by atoms with van der Waals surface area (Å²) in [6.45, 7) is 5.10. The SMILES string of the molecule is COc1ccc(C)cc1CN1CCC(CCC(=O)O)CC1. The zero-order valence-corrected chi connectivity index (χ0v) is 13.0. The Labute approximate surface area is 126 Å². The van der Waals surface area contributed by atoms with Crippen molar-refractivity contribution in [3.63, 3.8) is 0 Å². The number of hydrogen-bond donors (Lipinski definition) is 1. The lowest BCUT2D eigenvalue weighted by molar-refractivity contribution is -0.137. The smallest absolute Gasteiger partial charge is 0.303 e. The van der Waals surface area contributed by atoms with Crippen LogP contribution in [0.1, 0.15) is 36.8 Å². The van der Waals surface area contributed by atoms with Gasteiger partial charge in [0, 0.05) is 18.5 Å². The first-order valence-electron chi connectivity index (χ1n) is 7.66. The van der Waals surface area contributed by atoms with Gasteiger partial charge in [0.05, 0.1) is 7.11 Å². The van der Waals surface area contributed by atoms with Crippen LogP contribution in [0.2, 0.25) is 0 Å². The molecular weight excluding hydrogens is 266 g/mol. The zero-order chi connectivity index (χ0) is 15.2. The summed E-state index contributed by atoms with van der Waals surface area (Å²) in [7, 11) is 1.71. The molecule has 1 aromatic rings. The summed E-state index contributed by atoms with van der Waals surface area (Å²) in [5, 5.41) is 8.75. The number of likely N-dealkylation sites (tertiary alicyclic amines) is 1. The van der Waals surface area contributed by atoms with E-state index in [1.165, 1.54) is 11.1 Å². The van der Waals surface area contributed by atoms with Gasteiger partial charge in [-0.05, 0) is 51.3 Å². The Morgan fingerprint density at radius 2 is 2.10 bits per heavy atom. The standard InChI is InChI=1S/C17H25NO3/c1-13-3-5-16(21-2)15(11-13)12-18-9-7-14(8-10-18)4-6-17(19)20/h3,5,11,14H,4,6-10,12H2,1-2H3,(H,19,20). The summed E-state index contributed by atoms with van der Waals surface area (Å²) in [4.78, 5) is 13.1. The van der Waals surface area contributed by atoms with Gasteiger partial charge in [0.15, 0.2) is 0 Å². The quantitative estimate of drug-likeness (QED) is 0.875. The maximum absolute atomic E-state index is 10.6. The predicted molar refractivity (Wildman–Crippen MR) is 82.6 cm³/mol. The average Bonchev–Trinajstić information content (AvgIpc) is 2.47. The van der Waals surface area contributed by atoms with E-state index in [1.807, 2.05) is 6.07 Å². The van der Waals surface area contributed by atoms with Crippen molar-refractivity contribution in [3.8, 4) is 5.75 Å². The van der Waals surface area contributed by atoms with Gasteiger partial charge in [-0.25, -0.2) is 0 Å². The van der Waals surface area contributed by atoms with Crippen molar-refractivity contribution in [1.82, 2.24) is 4.90 Å². The van der Waals surface area contributed by atoms with Crippen molar-refractivity contribution in [2.24, 2.45) is 5.92 Å². The molecule has 1 fully saturated rings. The number of carbonyl (C=O) groups is 1. The Kier molecular flexibility index (Phi) is 5.62. The third-order valence-corrected chi connectivity index (χ3v) is 4.30. The van der Waals surface area contributed by atoms with Gasteiger partial charge in [0.25, 0.3) is 0 Å². The van der Waals surface area contributed by atoms with E-state index in [1.54, 1.807) is 7.11 Å². The zero-order valence-electron chi connectivity index (χ0n) is 13.0. The van der Waals surface area contributed by atoms with Crippen LogP contribution in [0.3, 0.4) is 0 Å². The van der Waals surface area contributed by atoms with Gasteiger partial charge in [-0.15, -0.1) is 0 Å². The number of aryl methyl sites for hydroxylation is 1. The molecule has 0 radical (unpaired) electrons. The molecule has 4 nitrogen and oxygen atoms in total. The first-order valence-corrected chi connectivity index (χ1v) is 7.66. The summed E-state index contributed by atoms with van der Waals surface area (Å²) in [5.74, 6) is 0.840. The Balaban J connectivity index is 1.86. The van der Waals surface area contributed by atoms with Crippen molar-refractivity contribution < 1.29 is 14.6 Å². The van der Waals surface area contributed by atoms with E-state index in [9.17, 15) is 4.79 Å². The molecule has 1 saturated heterocycles. The largest absolute Gasteiger partial charge is 0.496 e. The van der Waals surface area contributed by atoms with Crippen LogP contribution in [0.5, 0.6) is 5.75 Å². The van der Waals surface area contributed by atoms with Crippen LogP contribution in [0, 0.1) is 12.8 Å². The van der Waals surface area contributed by atoms with Crippen LogP contribution in [0.25, 0.3) is 0 Å². The topological polar surface area (TPSA) is 49.8 Å². The lowest BCUT2D eigenvalue weighted by atomic mass is 9.92. The van der Waals surface area contributed by atoms with Crippen molar-refractivity contribution in [2.75, 3.05) is 20.2 Å². The number of aliphatic carboxylic acids is 1. The number of nitrogens with zero attached hydrogens (tertiary/aromatic N) is 1. The molecule has 1 heterocycles. The van der Waals surface area contributed by atoms with Crippen LogP contribution in [-0.2, 0) is 11.3 Å². The molecule has 1 N–H and O–H groups in total. The van der Waals surface area contributed by atoms with E-state index < -0.39 is 5.97 Å². The monoisotopic (exact) mass is 291 g/mol. The lowest BCUT2D eigenvalue weighted by Crippen LogP contribution is -2.33. The molecule has 4 heteroatoms. The van der Waals surface area contributed by atoms with Crippen LogP contribution >= 0.6 is 0 Å². The van der Waals surface area contributed by atoms with E-state index >= 15 is 0 Å². The van der Waals surface area contributed by atoms with Gasteiger partial charge in [0.1, 0.15) is 5.75 Å². The second-order valence-electron chi connectivity index (χ2n) is 5.97.